The molecule has 0 aliphatic heterocycles. The van der Waals surface area contributed by atoms with Gasteiger partial charge in [-0.05, 0) is 38.7 Å². The van der Waals surface area contributed by atoms with Crippen LogP contribution in [0.2, 0.25) is 0 Å². The number of thiophene rings is 1. The minimum Gasteiger partial charge on any atom is -0.293 e. The molecule has 3 nitrogen and oxygen atoms in total. The van der Waals surface area contributed by atoms with E-state index in [1.54, 1.807) is 23.1 Å². The lowest BCUT2D eigenvalue weighted by Crippen LogP contribution is -2.13. The van der Waals surface area contributed by atoms with Crippen molar-refractivity contribution in [1.82, 2.24) is 9.97 Å². The van der Waals surface area contributed by atoms with Crippen molar-refractivity contribution < 1.29 is 4.79 Å². The predicted molar refractivity (Wildman–Crippen MR) is 100 cm³/mol. The second-order valence-corrected chi connectivity index (χ2v) is 8.52. The zero-order chi connectivity index (χ0) is 16.7. The first-order valence-electron chi connectivity index (χ1n) is 8.18. The number of Topliss-reactive ketones (excluding diaryl/α,β-unsaturated/α-hetero) is 1. The van der Waals surface area contributed by atoms with Crippen molar-refractivity contribution in [2.45, 2.75) is 43.4 Å². The molecule has 2 aromatic heterocycles. The van der Waals surface area contributed by atoms with Crippen LogP contribution in [-0.4, -0.2) is 21.0 Å². The van der Waals surface area contributed by atoms with Gasteiger partial charge in [-0.2, -0.15) is 0 Å². The van der Waals surface area contributed by atoms with Crippen LogP contribution in [0, 0.1) is 6.92 Å². The maximum Gasteiger partial charge on any atom is 0.175 e. The smallest absolute Gasteiger partial charge is 0.175 e. The fourth-order valence-electron chi connectivity index (χ4n) is 3.21. The highest BCUT2D eigenvalue weighted by molar-refractivity contribution is 8.00. The van der Waals surface area contributed by atoms with Crippen molar-refractivity contribution in [2.75, 3.05) is 0 Å². The molecule has 0 bridgehead atoms. The second-order valence-electron chi connectivity index (χ2n) is 6.10. The highest BCUT2D eigenvalue weighted by atomic mass is 32.2. The number of nitrogens with zero attached hydrogens (tertiary/aromatic N) is 2. The molecule has 2 heterocycles. The highest BCUT2D eigenvalue weighted by Crippen LogP contribution is 2.41. The molecule has 1 aliphatic carbocycles. The normalized spacial score (nSPS) is 14.8. The van der Waals surface area contributed by atoms with E-state index in [1.807, 2.05) is 44.2 Å². The Morgan fingerprint density at radius 2 is 2.00 bits per heavy atom. The number of hydrogen-bond acceptors (Lipinski definition) is 5. The van der Waals surface area contributed by atoms with E-state index in [4.69, 9.17) is 0 Å². The Labute approximate surface area is 149 Å². The molecule has 0 amide bonds. The molecule has 0 spiro atoms. The Hall–Kier alpha value is -1.72. The van der Waals surface area contributed by atoms with Gasteiger partial charge in [0.2, 0.25) is 0 Å². The van der Waals surface area contributed by atoms with Gasteiger partial charge in [0.05, 0.1) is 5.25 Å². The van der Waals surface area contributed by atoms with Gasteiger partial charge in [-0.15, -0.1) is 11.3 Å². The molecule has 0 N–H and O–H groups in total. The van der Waals surface area contributed by atoms with E-state index >= 15 is 0 Å². The van der Waals surface area contributed by atoms with Crippen molar-refractivity contribution >= 4 is 39.1 Å². The summed E-state index contributed by atoms with van der Waals surface area (Å²) >= 11 is 3.36. The summed E-state index contributed by atoms with van der Waals surface area (Å²) in [6.07, 6.45) is 3.47. The summed E-state index contributed by atoms with van der Waals surface area (Å²) in [6.45, 7) is 3.90. The molecule has 1 atom stereocenters. The molecule has 0 radical (unpaired) electrons. The third-order valence-corrected chi connectivity index (χ3v) is 6.63. The summed E-state index contributed by atoms with van der Waals surface area (Å²) in [7, 11) is 0. The van der Waals surface area contributed by atoms with Crippen molar-refractivity contribution in [3.05, 3.63) is 52.2 Å². The number of thioether (sulfide) groups is 1. The molecule has 3 aromatic rings. The van der Waals surface area contributed by atoms with Gasteiger partial charge >= 0.3 is 0 Å². The molecule has 0 saturated carbocycles. The van der Waals surface area contributed by atoms with Crippen LogP contribution >= 0.6 is 23.1 Å². The predicted octanol–water partition coefficient (Wildman–Crippen LogP) is 4.85. The number of carbonyl (C=O) groups excluding carboxylic acids is 1. The zero-order valence-electron chi connectivity index (χ0n) is 13.7. The zero-order valence-corrected chi connectivity index (χ0v) is 15.3. The fourth-order valence-corrected chi connectivity index (χ4v) is 5.68. The molecule has 1 aliphatic rings. The van der Waals surface area contributed by atoms with Crippen LogP contribution in [0.25, 0.3) is 10.2 Å². The summed E-state index contributed by atoms with van der Waals surface area (Å²) in [5, 5.41) is 1.99. The molecule has 24 heavy (non-hydrogen) atoms. The molecule has 1 unspecified atom stereocenters. The average Bonchev–Trinajstić information content (AvgIpc) is 3.15. The molecule has 0 saturated heterocycles. The molecule has 122 valence electrons. The van der Waals surface area contributed by atoms with E-state index in [0.29, 0.717) is 0 Å². The molecule has 4 rings (SSSR count). The number of rotatable bonds is 4. The van der Waals surface area contributed by atoms with E-state index in [2.05, 4.69) is 9.97 Å². The number of ketones is 1. The quantitative estimate of drug-likeness (QED) is 0.381. The molecular formula is C19H18N2OS2. The van der Waals surface area contributed by atoms with E-state index < -0.39 is 0 Å². The minimum atomic E-state index is -0.165. The number of carbonyl (C=O) groups is 1. The SMILES string of the molecule is Cc1nc(SC(C)C(=O)c2ccccc2)c2c3c(sc2n1)CCC3. The van der Waals surface area contributed by atoms with Crippen molar-refractivity contribution in [3.63, 3.8) is 0 Å². The second kappa shape index (κ2) is 6.30. The molecule has 5 heteroatoms. The lowest BCUT2D eigenvalue weighted by atomic mass is 10.1. The van der Waals surface area contributed by atoms with Gasteiger partial charge in [-0.25, -0.2) is 9.97 Å². The van der Waals surface area contributed by atoms with Gasteiger partial charge in [-0.1, -0.05) is 42.1 Å². The van der Waals surface area contributed by atoms with E-state index in [0.717, 1.165) is 34.1 Å². The van der Waals surface area contributed by atoms with Crippen LogP contribution in [0.1, 0.15) is 40.0 Å². The average molecular weight is 355 g/mol. The van der Waals surface area contributed by atoms with Crippen molar-refractivity contribution in [1.29, 1.82) is 0 Å². The first kappa shape index (κ1) is 15.8. The monoisotopic (exact) mass is 354 g/mol. The lowest BCUT2D eigenvalue weighted by molar-refractivity contribution is 0.0994. The summed E-state index contributed by atoms with van der Waals surface area (Å²) < 4.78 is 0. The summed E-state index contributed by atoms with van der Waals surface area (Å²) in [6, 6.07) is 9.50. The van der Waals surface area contributed by atoms with Crippen LogP contribution in [0.4, 0.5) is 0 Å². The van der Waals surface area contributed by atoms with E-state index in [-0.39, 0.29) is 11.0 Å². The first-order valence-corrected chi connectivity index (χ1v) is 9.88. The van der Waals surface area contributed by atoms with Crippen LogP contribution in [-0.2, 0) is 12.8 Å². The Morgan fingerprint density at radius 3 is 2.79 bits per heavy atom. The third kappa shape index (κ3) is 2.76. The third-order valence-electron chi connectivity index (χ3n) is 4.36. The van der Waals surface area contributed by atoms with Gasteiger partial charge in [0.15, 0.2) is 5.78 Å². The molecule has 0 fully saturated rings. The van der Waals surface area contributed by atoms with Gasteiger partial charge < -0.3 is 0 Å². The number of benzene rings is 1. The van der Waals surface area contributed by atoms with Crippen LogP contribution in [0.3, 0.4) is 0 Å². The Kier molecular flexibility index (Phi) is 4.14. The standard InChI is InChI=1S/C19H18N2OS2/c1-11(17(22)13-7-4-3-5-8-13)23-18-16-14-9-6-10-15(14)24-19(16)21-12(2)20-18/h3-5,7-8,11H,6,9-10H2,1-2H3. The topological polar surface area (TPSA) is 42.9 Å². The van der Waals surface area contributed by atoms with Crippen LogP contribution in [0.5, 0.6) is 0 Å². The maximum absolute atomic E-state index is 12.7. The largest absolute Gasteiger partial charge is 0.293 e. The number of aromatic nitrogens is 2. The van der Waals surface area contributed by atoms with Gasteiger partial charge in [0.25, 0.3) is 0 Å². The Bertz CT molecular complexity index is 918. The highest BCUT2D eigenvalue weighted by Gasteiger charge is 2.24. The van der Waals surface area contributed by atoms with Gasteiger partial charge in [0.1, 0.15) is 15.7 Å². The van der Waals surface area contributed by atoms with Crippen molar-refractivity contribution in [3.8, 4) is 0 Å². The summed E-state index contributed by atoms with van der Waals surface area (Å²) in [5.41, 5.74) is 2.17. The number of fused-ring (bicyclic) bond motifs is 3. The molecular weight excluding hydrogens is 336 g/mol. The number of aryl methyl sites for hydroxylation is 3. The van der Waals surface area contributed by atoms with E-state index in [1.165, 1.54) is 22.2 Å². The van der Waals surface area contributed by atoms with Gasteiger partial charge in [0, 0.05) is 15.8 Å². The maximum atomic E-state index is 12.7. The number of hydrogen-bond donors (Lipinski definition) is 0. The lowest BCUT2D eigenvalue weighted by Gasteiger charge is -2.11. The Morgan fingerprint density at radius 1 is 1.21 bits per heavy atom. The van der Waals surface area contributed by atoms with E-state index in [9.17, 15) is 4.79 Å². The molecule has 1 aromatic carbocycles. The van der Waals surface area contributed by atoms with Crippen LogP contribution < -0.4 is 0 Å². The van der Waals surface area contributed by atoms with Crippen LogP contribution in [0.15, 0.2) is 35.4 Å². The Balaban J connectivity index is 1.70. The first-order chi connectivity index (χ1) is 11.6. The fraction of sp³-hybridized carbons (Fsp3) is 0.316. The minimum absolute atomic E-state index is 0.150. The van der Waals surface area contributed by atoms with Gasteiger partial charge in [-0.3, -0.25) is 4.79 Å². The summed E-state index contributed by atoms with van der Waals surface area (Å²) in [5.74, 6) is 0.932. The summed E-state index contributed by atoms with van der Waals surface area (Å²) in [4.78, 5) is 24.5. The van der Waals surface area contributed by atoms with Crippen molar-refractivity contribution in [2.24, 2.45) is 0 Å².